The van der Waals surface area contributed by atoms with E-state index in [0.29, 0.717) is 17.9 Å². The number of hydrogen-bond donors (Lipinski definition) is 0. The molecule has 0 amide bonds. The number of rotatable bonds is 7. The maximum Gasteiger partial charge on any atom is 0.318 e. The maximum atomic E-state index is 5.64. The smallest absolute Gasteiger partial charge is 0.318 e. The van der Waals surface area contributed by atoms with E-state index in [0.717, 1.165) is 13.0 Å². The number of anilines is 1. The molecule has 0 spiro atoms. The van der Waals surface area contributed by atoms with Crippen LogP contribution in [0, 0.1) is 0 Å². The highest BCUT2D eigenvalue weighted by Gasteiger charge is 2.16. The van der Waals surface area contributed by atoms with Crippen molar-refractivity contribution in [3.8, 4) is 0 Å². The quantitative estimate of drug-likeness (QED) is 0.547. The molecular formula is C11H20ClN3O. The molecule has 16 heavy (non-hydrogen) atoms. The van der Waals surface area contributed by atoms with Crippen LogP contribution in [0.3, 0.4) is 0 Å². The Hall–Kier alpha value is -0.770. The van der Waals surface area contributed by atoms with Crippen molar-refractivity contribution >= 4 is 17.6 Å². The molecule has 0 N–H and O–H groups in total. The van der Waals surface area contributed by atoms with Crippen molar-refractivity contribution in [3.63, 3.8) is 0 Å². The number of aromatic nitrogens is 2. The summed E-state index contributed by atoms with van der Waals surface area (Å²) in [6.45, 7) is 7.39. The number of halogens is 1. The van der Waals surface area contributed by atoms with Gasteiger partial charge in [0.15, 0.2) is 0 Å². The minimum Gasteiger partial charge on any atom is -0.407 e. The highest BCUT2D eigenvalue weighted by atomic mass is 35.5. The van der Waals surface area contributed by atoms with Gasteiger partial charge in [-0.2, -0.15) is 0 Å². The molecule has 1 heterocycles. The largest absolute Gasteiger partial charge is 0.407 e. The molecule has 5 heteroatoms. The third-order valence-corrected chi connectivity index (χ3v) is 2.67. The third-order valence-electron chi connectivity index (χ3n) is 2.44. The van der Waals surface area contributed by atoms with Crippen molar-refractivity contribution in [2.45, 2.75) is 52.0 Å². The molecule has 1 rings (SSSR count). The molecule has 0 atom stereocenters. The summed E-state index contributed by atoms with van der Waals surface area (Å²) < 4.78 is 5.46. The average Bonchev–Trinajstić information content (AvgIpc) is 2.72. The Morgan fingerprint density at radius 1 is 1.31 bits per heavy atom. The van der Waals surface area contributed by atoms with Crippen LogP contribution in [0.5, 0.6) is 0 Å². The summed E-state index contributed by atoms with van der Waals surface area (Å²) >= 11 is 5.64. The molecule has 0 saturated heterocycles. The molecule has 0 radical (unpaired) electrons. The lowest BCUT2D eigenvalue weighted by Gasteiger charge is -2.24. The van der Waals surface area contributed by atoms with E-state index in [2.05, 4.69) is 35.9 Å². The zero-order valence-corrected chi connectivity index (χ0v) is 11.0. The first kappa shape index (κ1) is 13.3. The highest BCUT2D eigenvalue weighted by Crippen LogP contribution is 2.17. The Morgan fingerprint density at radius 2 is 2.06 bits per heavy atom. The topological polar surface area (TPSA) is 42.2 Å². The first-order valence-corrected chi connectivity index (χ1v) is 6.37. The van der Waals surface area contributed by atoms with Crippen molar-refractivity contribution in [3.05, 3.63) is 5.89 Å². The molecule has 0 unspecified atom stereocenters. The van der Waals surface area contributed by atoms with Gasteiger partial charge in [0, 0.05) is 12.6 Å². The normalized spacial score (nSPS) is 11.1. The van der Waals surface area contributed by atoms with E-state index >= 15 is 0 Å². The van der Waals surface area contributed by atoms with E-state index in [1.807, 2.05) is 0 Å². The van der Waals surface area contributed by atoms with Crippen LogP contribution in [0.1, 0.15) is 45.9 Å². The van der Waals surface area contributed by atoms with E-state index in [1.165, 1.54) is 12.8 Å². The maximum absolute atomic E-state index is 5.64. The van der Waals surface area contributed by atoms with Gasteiger partial charge < -0.3 is 9.32 Å². The highest BCUT2D eigenvalue weighted by molar-refractivity contribution is 6.16. The summed E-state index contributed by atoms with van der Waals surface area (Å²) in [7, 11) is 0. The monoisotopic (exact) mass is 245 g/mol. The van der Waals surface area contributed by atoms with E-state index in [1.54, 1.807) is 0 Å². The number of alkyl halides is 1. The van der Waals surface area contributed by atoms with E-state index in [-0.39, 0.29) is 5.88 Å². The molecule has 4 nitrogen and oxygen atoms in total. The summed E-state index contributed by atoms with van der Waals surface area (Å²) in [4.78, 5) is 2.12. The minimum atomic E-state index is 0.272. The predicted octanol–water partition coefficient (Wildman–Crippen LogP) is 3.21. The van der Waals surface area contributed by atoms with Crippen LogP contribution in [0.25, 0.3) is 0 Å². The SMILES string of the molecule is CCCCCN(c1nnc(CCl)o1)C(C)C. The van der Waals surface area contributed by atoms with Crippen LogP contribution in [0.2, 0.25) is 0 Å². The van der Waals surface area contributed by atoms with Gasteiger partial charge in [0.25, 0.3) is 0 Å². The van der Waals surface area contributed by atoms with Gasteiger partial charge in [-0.25, -0.2) is 0 Å². The van der Waals surface area contributed by atoms with Crippen molar-refractivity contribution < 1.29 is 4.42 Å². The third kappa shape index (κ3) is 3.67. The van der Waals surface area contributed by atoms with Crippen molar-refractivity contribution in [1.29, 1.82) is 0 Å². The first-order valence-electron chi connectivity index (χ1n) is 5.84. The van der Waals surface area contributed by atoms with Gasteiger partial charge in [0.05, 0.1) is 0 Å². The summed E-state index contributed by atoms with van der Waals surface area (Å²) in [5, 5.41) is 7.89. The second kappa shape index (κ2) is 6.74. The molecule has 0 aliphatic rings. The Kier molecular flexibility index (Phi) is 5.60. The van der Waals surface area contributed by atoms with Crippen LogP contribution >= 0.6 is 11.6 Å². The Labute approximate surface area is 102 Å². The van der Waals surface area contributed by atoms with Crippen molar-refractivity contribution in [2.75, 3.05) is 11.4 Å². The average molecular weight is 246 g/mol. The van der Waals surface area contributed by atoms with Crippen LogP contribution in [-0.4, -0.2) is 22.8 Å². The van der Waals surface area contributed by atoms with Gasteiger partial charge in [-0.3, -0.25) is 0 Å². The minimum absolute atomic E-state index is 0.272. The predicted molar refractivity (Wildman–Crippen MR) is 65.9 cm³/mol. The number of unbranched alkanes of at least 4 members (excludes halogenated alkanes) is 2. The summed E-state index contributed by atoms with van der Waals surface area (Å²) in [6, 6.07) is 0.947. The fourth-order valence-corrected chi connectivity index (χ4v) is 1.63. The van der Waals surface area contributed by atoms with E-state index < -0.39 is 0 Å². The summed E-state index contributed by atoms with van der Waals surface area (Å²) in [6.07, 6.45) is 3.58. The zero-order chi connectivity index (χ0) is 12.0. The standard InChI is InChI=1S/C11H20ClN3O/c1-4-5-6-7-15(9(2)3)11-14-13-10(8-12)16-11/h9H,4-8H2,1-3H3. The molecule has 0 bridgehead atoms. The Morgan fingerprint density at radius 3 is 2.56 bits per heavy atom. The number of nitrogens with zero attached hydrogens (tertiary/aromatic N) is 3. The van der Waals surface area contributed by atoms with Crippen molar-refractivity contribution in [2.24, 2.45) is 0 Å². The Balaban J connectivity index is 2.61. The lowest BCUT2D eigenvalue weighted by Crippen LogP contribution is -2.32. The lowest BCUT2D eigenvalue weighted by atomic mass is 10.2. The fraction of sp³-hybridized carbons (Fsp3) is 0.818. The van der Waals surface area contributed by atoms with Crippen LogP contribution < -0.4 is 4.90 Å². The van der Waals surface area contributed by atoms with Gasteiger partial charge in [-0.1, -0.05) is 24.9 Å². The number of hydrogen-bond acceptors (Lipinski definition) is 4. The van der Waals surface area contributed by atoms with Gasteiger partial charge in [-0.05, 0) is 20.3 Å². The van der Waals surface area contributed by atoms with Crippen LogP contribution in [0.15, 0.2) is 4.42 Å². The molecule has 0 aliphatic carbocycles. The summed E-state index contributed by atoms with van der Waals surface area (Å²) in [5.74, 6) is 0.756. The zero-order valence-electron chi connectivity index (χ0n) is 10.2. The molecule has 0 saturated carbocycles. The van der Waals surface area contributed by atoms with Gasteiger partial charge in [0.1, 0.15) is 5.88 Å². The molecule has 92 valence electrons. The Bertz CT molecular complexity index is 301. The summed E-state index contributed by atoms with van der Waals surface area (Å²) in [5.41, 5.74) is 0. The first-order chi connectivity index (χ1) is 7.69. The van der Waals surface area contributed by atoms with Crippen molar-refractivity contribution in [1.82, 2.24) is 10.2 Å². The second-order valence-electron chi connectivity index (χ2n) is 4.11. The fourth-order valence-electron chi connectivity index (χ4n) is 1.52. The molecule has 1 aromatic rings. The molecule has 0 aromatic carbocycles. The van der Waals surface area contributed by atoms with Gasteiger partial charge >= 0.3 is 6.01 Å². The molecule has 0 fully saturated rings. The van der Waals surface area contributed by atoms with Gasteiger partial charge in [0.2, 0.25) is 5.89 Å². The lowest BCUT2D eigenvalue weighted by molar-refractivity contribution is 0.478. The van der Waals surface area contributed by atoms with Gasteiger partial charge in [-0.15, -0.1) is 16.7 Å². The van der Waals surface area contributed by atoms with E-state index in [9.17, 15) is 0 Å². The molecule has 1 aromatic heterocycles. The second-order valence-corrected chi connectivity index (χ2v) is 4.37. The molecule has 0 aliphatic heterocycles. The van der Waals surface area contributed by atoms with Crippen LogP contribution in [0.4, 0.5) is 6.01 Å². The van der Waals surface area contributed by atoms with E-state index in [4.69, 9.17) is 16.0 Å². The molecular weight excluding hydrogens is 226 g/mol. The van der Waals surface area contributed by atoms with Crippen LogP contribution in [-0.2, 0) is 5.88 Å².